The lowest BCUT2D eigenvalue weighted by molar-refractivity contribution is -0.120. The minimum Gasteiger partial charge on any atom is -0.505 e. The monoisotopic (exact) mass is 311 g/mol. The summed E-state index contributed by atoms with van der Waals surface area (Å²) >= 11 is 0. The van der Waals surface area contributed by atoms with Gasteiger partial charge in [-0.3, -0.25) is 9.59 Å². The van der Waals surface area contributed by atoms with Crippen molar-refractivity contribution in [2.45, 2.75) is 25.3 Å². The molecule has 0 unspecified atom stereocenters. The van der Waals surface area contributed by atoms with Crippen molar-refractivity contribution in [3.63, 3.8) is 0 Å². The Morgan fingerprint density at radius 1 is 1.43 bits per heavy atom. The van der Waals surface area contributed by atoms with Crippen LogP contribution in [0.1, 0.15) is 24.0 Å². The molecular formula is C15H13N5O3. The molecule has 0 radical (unpaired) electrons. The topological polar surface area (TPSA) is 132 Å². The minimum absolute atomic E-state index is 0.0497. The van der Waals surface area contributed by atoms with Gasteiger partial charge in [-0.1, -0.05) is 0 Å². The zero-order valence-corrected chi connectivity index (χ0v) is 12.0. The number of carbonyl (C=O) groups excluding carboxylic acids is 1. The highest BCUT2D eigenvalue weighted by Crippen LogP contribution is 2.23. The molecule has 1 aliphatic rings. The Morgan fingerprint density at radius 2 is 2.22 bits per heavy atom. The summed E-state index contributed by atoms with van der Waals surface area (Å²) in [4.78, 5) is 34.2. The molecule has 0 saturated heterocycles. The number of carbonyl (C=O) groups is 1. The van der Waals surface area contributed by atoms with Gasteiger partial charge in [-0.15, -0.1) is 0 Å². The molecule has 23 heavy (non-hydrogen) atoms. The van der Waals surface area contributed by atoms with Gasteiger partial charge in [0.25, 0.3) is 5.56 Å². The lowest BCUT2D eigenvalue weighted by Crippen LogP contribution is -2.29. The third-order valence-corrected chi connectivity index (χ3v) is 3.39. The van der Waals surface area contributed by atoms with Crippen LogP contribution >= 0.6 is 0 Å². The molecule has 2 aromatic heterocycles. The van der Waals surface area contributed by atoms with Gasteiger partial charge in [-0.2, -0.15) is 5.26 Å². The van der Waals surface area contributed by atoms with E-state index in [0.29, 0.717) is 0 Å². The largest absolute Gasteiger partial charge is 0.505 e. The van der Waals surface area contributed by atoms with Crippen LogP contribution in [0.5, 0.6) is 5.75 Å². The van der Waals surface area contributed by atoms with Crippen LogP contribution in [0.3, 0.4) is 0 Å². The Kier molecular flexibility index (Phi) is 3.76. The van der Waals surface area contributed by atoms with Crippen molar-refractivity contribution >= 4 is 5.91 Å². The Bertz CT molecular complexity index is 864. The Balaban J connectivity index is 1.82. The van der Waals surface area contributed by atoms with E-state index in [1.165, 1.54) is 18.5 Å². The normalized spacial score (nSPS) is 13.3. The molecule has 0 atom stereocenters. The van der Waals surface area contributed by atoms with Crippen molar-refractivity contribution in [1.82, 2.24) is 20.3 Å². The van der Waals surface area contributed by atoms with Crippen LogP contribution in [0, 0.1) is 11.3 Å². The van der Waals surface area contributed by atoms with E-state index in [-0.39, 0.29) is 46.8 Å². The lowest BCUT2D eigenvalue weighted by atomic mass is 10.2. The summed E-state index contributed by atoms with van der Waals surface area (Å²) in [6.07, 6.45) is 4.46. The number of aromatic nitrogens is 3. The number of H-pyrrole nitrogens is 1. The summed E-state index contributed by atoms with van der Waals surface area (Å²) in [6, 6.07) is 3.32. The second-order valence-electron chi connectivity index (χ2n) is 5.31. The van der Waals surface area contributed by atoms with Gasteiger partial charge in [0.2, 0.25) is 5.91 Å². The number of hydrogen-bond donors (Lipinski definition) is 3. The van der Waals surface area contributed by atoms with Gasteiger partial charge < -0.3 is 15.4 Å². The number of aromatic amines is 1. The first kappa shape index (κ1) is 14.7. The molecule has 2 aromatic rings. The molecule has 1 aliphatic carbocycles. The highest BCUT2D eigenvalue weighted by Gasteiger charge is 2.23. The fourth-order valence-electron chi connectivity index (χ4n) is 2.04. The predicted octanol–water partition coefficient (Wildman–Crippen LogP) is 0.230. The highest BCUT2D eigenvalue weighted by atomic mass is 16.3. The van der Waals surface area contributed by atoms with Crippen molar-refractivity contribution in [2.75, 3.05) is 0 Å². The summed E-state index contributed by atoms with van der Waals surface area (Å²) in [6.45, 7) is 0. The van der Waals surface area contributed by atoms with Gasteiger partial charge >= 0.3 is 0 Å². The molecular weight excluding hydrogens is 298 g/mol. The minimum atomic E-state index is -0.466. The van der Waals surface area contributed by atoms with Gasteiger partial charge in [-0.05, 0) is 12.8 Å². The van der Waals surface area contributed by atoms with Gasteiger partial charge in [-0.25, -0.2) is 9.97 Å². The molecule has 3 N–H and O–H groups in total. The molecule has 0 aromatic carbocycles. The van der Waals surface area contributed by atoms with E-state index < -0.39 is 5.56 Å². The van der Waals surface area contributed by atoms with Crippen molar-refractivity contribution in [2.24, 2.45) is 0 Å². The number of hydrogen-bond acceptors (Lipinski definition) is 6. The predicted molar refractivity (Wildman–Crippen MR) is 79.3 cm³/mol. The van der Waals surface area contributed by atoms with Gasteiger partial charge in [0.15, 0.2) is 5.82 Å². The van der Waals surface area contributed by atoms with Gasteiger partial charge in [0.05, 0.1) is 12.0 Å². The van der Waals surface area contributed by atoms with E-state index in [1.54, 1.807) is 0 Å². The number of nitrogens with zero attached hydrogens (tertiary/aromatic N) is 3. The van der Waals surface area contributed by atoms with Crippen LogP contribution in [0.15, 0.2) is 23.3 Å². The van der Waals surface area contributed by atoms with Crippen LogP contribution in [0.2, 0.25) is 0 Å². The number of nitrogens with one attached hydrogen (secondary N) is 2. The third-order valence-electron chi connectivity index (χ3n) is 3.39. The summed E-state index contributed by atoms with van der Waals surface area (Å²) in [5.41, 5.74) is 0.0311. The van der Waals surface area contributed by atoms with Crippen molar-refractivity contribution in [3.8, 4) is 23.3 Å². The molecule has 8 nitrogen and oxygen atoms in total. The maximum absolute atomic E-state index is 12.0. The number of pyridine rings is 1. The van der Waals surface area contributed by atoms with Crippen molar-refractivity contribution in [1.29, 1.82) is 5.26 Å². The van der Waals surface area contributed by atoms with E-state index in [9.17, 15) is 14.7 Å². The molecule has 0 bridgehead atoms. The van der Waals surface area contributed by atoms with E-state index in [4.69, 9.17) is 5.26 Å². The maximum atomic E-state index is 12.0. The SMILES string of the molecule is N#Cc1cnc(-c2ncc(CC(=O)NC3CC3)c(=O)[nH]2)c(O)c1. The first-order valence-electron chi connectivity index (χ1n) is 7.04. The zero-order chi connectivity index (χ0) is 16.4. The Morgan fingerprint density at radius 3 is 2.83 bits per heavy atom. The number of amides is 1. The fourth-order valence-corrected chi connectivity index (χ4v) is 2.04. The standard InChI is InChI=1S/C15H13N5O3/c16-5-8-3-11(21)13(17-6-8)14-18-7-9(15(23)20-14)4-12(22)19-10-1-2-10/h3,6-7,10,21H,1-2,4H2,(H,19,22)(H,18,20,23). The average Bonchev–Trinajstić information content (AvgIpc) is 3.33. The molecule has 0 spiro atoms. The second-order valence-corrected chi connectivity index (χ2v) is 5.31. The van der Waals surface area contributed by atoms with Gasteiger partial charge in [0.1, 0.15) is 17.5 Å². The van der Waals surface area contributed by atoms with E-state index in [1.807, 2.05) is 6.07 Å². The molecule has 116 valence electrons. The molecule has 1 fully saturated rings. The molecule has 2 heterocycles. The number of rotatable bonds is 4. The summed E-state index contributed by atoms with van der Waals surface area (Å²) in [5.74, 6) is -0.401. The second kappa shape index (κ2) is 5.88. The van der Waals surface area contributed by atoms with E-state index in [2.05, 4.69) is 20.3 Å². The lowest BCUT2D eigenvalue weighted by Gasteiger charge is -2.05. The summed E-state index contributed by atoms with van der Waals surface area (Å²) < 4.78 is 0. The van der Waals surface area contributed by atoms with Crippen molar-refractivity contribution < 1.29 is 9.90 Å². The highest BCUT2D eigenvalue weighted by molar-refractivity contribution is 5.79. The Labute approximate surface area is 130 Å². The molecule has 8 heteroatoms. The first-order chi connectivity index (χ1) is 11.1. The molecule has 1 saturated carbocycles. The van der Waals surface area contributed by atoms with Gasteiger partial charge in [0, 0.05) is 30.1 Å². The Hall–Kier alpha value is -3.21. The van der Waals surface area contributed by atoms with Crippen LogP contribution in [0.4, 0.5) is 0 Å². The van der Waals surface area contributed by atoms with Crippen LogP contribution in [-0.2, 0) is 11.2 Å². The fraction of sp³-hybridized carbons (Fsp3) is 0.267. The quantitative estimate of drug-likeness (QED) is 0.740. The maximum Gasteiger partial charge on any atom is 0.254 e. The number of nitriles is 1. The van der Waals surface area contributed by atoms with Crippen molar-refractivity contribution in [3.05, 3.63) is 39.9 Å². The van der Waals surface area contributed by atoms with Crippen LogP contribution in [0.25, 0.3) is 11.5 Å². The van der Waals surface area contributed by atoms with E-state index in [0.717, 1.165) is 12.8 Å². The molecule has 0 aliphatic heterocycles. The third kappa shape index (κ3) is 3.35. The molecule has 1 amide bonds. The van der Waals surface area contributed by atoms with E-state index >= 15 is 0 Å². The molecule has 3 rings (SSSR count). The van der Waals surface area contributed by atoms with Crippen LogP contribution in [-0.4, -0.2) is 32.0 Å². The smallest absolute Gasteiger partial charge is 0.254 e. The van der Waals surface area contributed by atoms with Crippen LogP contribution < -0.4 is 10.9 Å². The average molecular weight is 311 g/mol. The first-order valence-corrected chi connectivity index (χ1v) is 7.04. The zero-order valence-electron chi connectivity index (χ0n) is 12.0. The summed E-state index contributed by atoms with van der Waals surface area (Å²) in [5, 5.41) is 21.4. The summed E-state index contributed by atoms with van der Waals surface area (Å²) in [7, 11) is 0. The number of aromatic hydroxyl groups is 1.